The second-order valence-corrected chi connectivity index (χ2v) is 6.72. The molecule has 0 aliphatic heterocycles. The fraction of sp³-hybridized carbons (Fsp3) is 0.190. The fourth-order valence-corrected chi connectivity index (χ4v) is 3.20. The Morgan fingerprint density at radius 1 is 1.13 bits per heavy atom. The van der Waals surface area contributed by atoms with Gasteiger partial charge in [0.15, 0.2) is 5.82 Å². The van der Waals surface area contributed by atoms with Gasteiger partial charge in [0.25, 0.3) is 5.91 Å². The van der Waals surface area contributed by atoms with Gasteiger partial charge in [-0.15, -0.1) is 0 Å². The van der Waals surface area contributed by atoms with Crippen molar-refractivity contribution >= 4 is 16.9 Å². The molecule has 152 valence electrons. The number of hydrogen-bond donors (Lipinski definition) is 2. The molecule has 0 fully saturated rings. The third-order valence-corrected chi connectivity index (χ3v) is 4.66. The molecular formula is C21H18F2N6O. The molecule has 2 N–H and O–H groups in total. The van der Waals surface area contributed by atoms with Crippen LogP contribution < -0.4 is 5.32 Å². The molecule has 0 aliphatic carbocycles. The van der Waals surface area contributed by atoms with Crippen LogP contribution in [0.5, 0.6) is 0 Å². The van der Waals surface area contributed by atoms with Gasteiger partial charge < -0.3 is 5.32 Å². The molecule has 0 saturated carbocycles. The maximum Gasteiger partial charge on any atom is 0.269 e. The highest BCUT2D eigenvalue weighted by Crippen LogP contribution is 2.29. The van der Waals surface area contributed by atoms with Gasteiger partial charge in [-0.2, -0.15) is 5.10 Å². The molecular weight excluding hydrogens is 390 g/mol. The van der Waals surface area contributed by atoms with Gasteiger partial charge in [0, 0.05) is 18.8 Å². The summed E-state index contributed by atoms with van der Waals surface area (Å²) in [4.78, 5) is 24.2. The quantitative estimate of drug-likeness (QED) is 0.525. The van der Waals surface area contributed by atoms with E-state index in [1.165, 1.54) is 31.6 Å². The number of rotatable bonds is 5. The van der Waals surface area contributed by atoms with Crippen molar-refractivity contribution in [3.63, 3.8) is 0 Å². The number of fused-ring (bicyclic) bond motifs is 1. The van der Waals surface area contributed by atoms with Crippen molar-refractivity contribution < 1.29 is 13.6 Å². The first kappa shape index (κ1) is 19.6. The summed E-state index contributed by atoms with van der Waals surface area (Å²) in [5.41, 5.74) is 2.50. The second kappa shape index (κ2) is 7.94. The fourth-order valence-electron chi connectivity index (χ4n) is 3.20. The number of nitrogens with one attached hydrogen (secondary N) is 2. The van der Waals surface area contributed by atoms with Crippen molar-refractivity contribution in [1.29, 1.82) is 0 Å². The maximum atomic E-state index is 14.6. The number of halogens is 2. The minimum atomic E-state index is -0.709. The number of hydrogen-bond acceptors (Lipinski definition) is 5. The van der Waals surface area contributed by atoms with Crippen molar-refractivity contribution in [3.8, 4) is 22.6 Å². The number of carbonyl (C=O) groups is 1. The Hall–Kier alpha value is -3.75. The van der Waals surface area contributed by atoms with E-state index < -0.39 is 11.6 Å². The summed E-state index contributed by atoms with van der Waals surface area (Å²) in [6.07, 6.45) is 4.28. The summed E-state index contributed by atoms with van der Waals surface area (Å²) in [6.45, 7) is 1.94. The standard InChI is InChI=1S/C21H18F2N6O/c1-3-4-11-7-13(22)17(14(23)8-11)20-26-10-16-19(27-20)18(29-28-16)12-5-6-15(25-9-12)21(30)24-2/h5-10H,3-4H2,1-2H3,(H,24,30)(H,28,29). The minimum absolute atomic E-state index is 0.0712. The molecule has 0 saturated heterocycles. The van der Waals surface area contributed by atoms with Crippen molar-refractivity contribution in [3.05, 3.63) is 59.6 Å². The van der Waals surface area contributed by atoms with E-state index in [-0.39, 0.29) is 23.0 Å². The molecule has 0 radical (unpaired) electrons. The average molecular weight is 408 g/mol. The van der Waals surface area contributed by atoms with E-state index in [0.717, 1.165) is 6.42 Å². The third-order valence-electron chi connectivity index (χ3n) is 4.66. The highest BCUT2D eigenvalue weighted by molar-refractivity contribution is 5.93. The number of nitrogens with zero attached hydrogens (tertiary/aromatic N) is 4. The Bertz CT molecular complexity index is 1210. The van der Waals surface area contributed by atoms with Crippen LogP contribution in [0.25, 0.3) is 33.7 Å². The normalized spacial score (nSPS) is 11.1. The lowest BCUT2D eigenvalue weighted by atomic mass is 10.1. The van der Waals surface area contributed by atoms with E-state index in [2.05, 4.69) is 30.5 Å². The summed E-state index contributed by atoms with van der Waals surface area (Å²) in [6, 6.07) is 5.86. The van der Waals surface area contributed by atoms with Crippen molar-refractivity contribution in [1.82, 2.24) is 30.5 Å². The van der Waals surface area contributed by atoms with Crippen LogP contribution in [0.1, 0.15) is 29.4 Å². The van der Waals surface area contributed by atoms with Gasteiger partial charge in [-0.1, -0.05) is 13.3 Å². The lowest BCUT2D eigenvalue weighted by Crippen LogP contribution is -2.18. The van der Waals surface area contributed by atoms with E-state index in [4.69, 9.17) is 0 Å². The van der Waals surface area contributed by atoms with E-state index in [1.54, 1.807) is 12.1 Å². The molecule has 0 atom stereocenters. The third kappa shape index (κ3) is 3.49. The van der Waals surface area contributed by atoms with Crippen LogP contribution in [0.15, 0.2) is 36.7 Å². The van der Waals surface area contributed by atoms with Gasteiger partial charge in [-0.25, -0.2) is 18.7 Å². The number of carbonyl (C=O) groups excluding carboxylic acids is 1. The van der Waals surface area contributed by atoms with E-state index in [9.17, 15) is 13.6 Å². The number of benzene rings is 1. The van der Waals surface area contributed by atoms with Crippen LogP contribution in [0, 0.1) is 11.6 Å². The predicted molar refractivity (Wildman–Crippen MR) is 108 cm³/mol. The Kier molecular flexibility index (Phi) is 5.18. The zero-order valence-electron chi connectivity index (χ0n) is 16.3. The minimum Gasteiger partial charge on any atom is -0.354 e. The van der Waals surface area contributed by atoms with E-state index in [0.29, 0.717) is 34.3 Å². The van der Waals surface area contributed by atoms with Gasteiger partial charge in [-0.3, -0.25) is 14.9 Å². The van der Waals surface area contributed by atoms with Crippen LogP contribution in [0.3, 0.4) is 0 Å². The van der Waals surface area contributed by atoms with Crippen LogP contribution in [-0.4, -0.2) is 38.1 Å². The Morgan fingerprint density at radius 2 is 1.90 bits per heavy atom. The summed E-state index contributed by atoms with van der Waals surface area (Å²) < 4.78 is 29.3. The highest BCUT2D eigenvalue weighted by atomic mass is 19.1. The SMILES string of the molecule is CCCc1cc(F)c(-c2ncc3[nH]nc(-c4ccc(C(=O)NC)nc4)c3n2)c(F)c1. The van der Waals surface area contributed by atoms with Gasteiger partial charge in [0.1, 0.15) is 34.1 Å². The first-order valence-corrected chi connectivity index (χ1v) is 9.39. The molecule has 9 heteroatoms. The topological polar surface area (TPSA) is 96.5 Å². The molecule has 3 aromatic heterocycles. The van der Waals surface area contributed by atoms with Gasteiger partial charge >= 0.3 is 0 Å². The molecule has 4 rings (SSSR count). The number of aryl methyl sites for hydroxylation is 1. The van der Waals surface area contributed by atoms with Crippen LogP contribution >= 0.6 is 0 Å². The molecule has 3 heterocycles. The molecule has 0 bridgehead atoms. The van der Waals surface area contributed by atoms with Crippen molar-refractivity contribution in [2.75, 3.05) is 7.05 Å². The van der Waals surface area contributed by atoms with Crippen LogP contribution in [0.2, 0.25) is 0 Å². The summed E-state index contributed by atoms with van der Waals surface area (Å²) in [7, 11) is 1.52. The molecule has 30 heavy (non-hydrogen) atoms. The van der Waals surface area contributed by atoms with Crippen molar-refractivity contribution in [2.45, 2.75) is 19.8 Å². The molecule has 0 unspecified atom stereocenters. The first-order chi connectivity index (χ1) is 14.5. The maximum absolute atomic E-state index is 14.6. The Balaban J connectivity index is 1.78. The molecule has 0 spiro atoms. The number of amides is 1. The Labute approximate surface area is 170 Å². The summed E-state index contributed by atoms with van der Waals surface area (Å²) >= 11 is 0. The lowest BCUT2D eigenvalue weighted by molar-refractivity contribution is 0.0958. The smallest absolute Gasteiger partial charge is 0.269 e. The monoisotopic (exact) mass is 408 g/mol. The lowest BCUT2D eigenvalue weighted by Gasteiger charge is -2.07. The van der Waals surface area contributed by atoms with Crippen LogP contribution in [0.4, 0.5) is 8.78 Å². The van der Waals surface area contributed by atoms with Gasteiger partial charge in [0.05, 0.1) is 11.8 Å². The average Bonchev–Trinajstić information content (AvgIpc) is 3.16. The first-order valence-electron chi connectivity index (χ1n) is 9.39. The zero-order chi connectivity index (χ0) is 21.3. The molecule has 0 aliphatic rings. The predicted octanol–water partition coefficient (Wildman–Crippen LogP) is 3.67. The number of pyridine rings is 1. The highest BCUT2D eigenvalue weighted by Gasteiger charge is 2.19. The molecule has 1 amide bonds. The summed E-state index contributed by atoms with van der Waals surface area (Å²) in [5.74, 6) is -1.80. The zero-order valence-corrected chi connectivity index (χ0v) is 16.3. The largest absolute Gasteiger partial charge is 0.354 e. The molecule has 1 aromatic carbocycles. The number of aromatic amines is 1. The van der Waals surface area contributed by atoms with E-state index in [1.807, 2.05) is 6.92 Å². The number of H-pyrrole nitrogens is 1. The molecule has 4 aromatic rings. The van der Waals surface area contributed by atoms with Gasteiger partial charge in [-0.05, 0) is 36.2 Å². The second-order valence-electron chi connectivity index (χ2n) is 6.72. The van der Waals surface area contributed by atoms with Crippen molar-refractivity contribution in [2.24, 2.45) is 0 Å². The summed E-state index contributed by atoms with van der Waals surface area (Å²) in [5, 5.41) is 9.52. The van der Waals surface area contributed by atoms with Gasteiger partial charge in [0.2, 0.25) is 0 Å². The van der Waals surface area contributed by atoms with Crippen LogP contribution in [-0.2, 0) is 6.42 Å². The number of aromatic nitrogens is 5. The van der Waals surface area contributed by atoms with E-state index >= 15 is 0 Å². The molecule has 7 nitrogen and oxygen atoms in total. The Morgan fingerprint density at radius 3 is 2.53 bits per heavy atom.